The van der Waals surface area contributed by atoms with Crippen molar-refractivity contribution in [2.75, 3.05) is 11.9 Å². The molecule has 0 spiro atoms. The second-order valence-electron chi connectivity index (χ2n) is 5.35. The number of anilines is 1. The van der Waals surface area contributed by atoms with Gasteiger partial charge in [-0.05, 0) is 66.9 Å². The van der Waals surface area contributed by atoms with E-state index in [4.69, 9.17) is 0 Å². The van der Waals surface area contributed by atoms with Crippen LogP contribution in [0.1, 0.15) is 25.7 Å². The Labute approximate surface area is 116 Å². The first kappa shape index (κ1) is 12.4. The lowest BCUT2D eigenvalue weighted by Gasteiger charge is -2.40. The Balaban J connectivity index is 1.87. The number of fused-ring (bicyclic) bond motifs is 2. The second-order valence-corrected chi connectivity index (χ2v) is 6.20. The van der Waals surface area contributed by atoms with Gasteiger partial charge >= 0.3 is 0 Å². The third-order valence-electron chi connectivity index (χ3n) is 4.34. The number of hydrogen-bond acceptors (Lipinski definition) is 2. The van der Waals surface area contributed by atoms with Crippen molar-refractivity contribution in [3.63, 3.8) is 0 Å². The lowest BCUT2D eigenvalue weighted by molar-refractivity contribution is 0.373. The average Bonchev–Trinajstić information content (AvgIpc) is 2.64. The molecule has 2 nitrogen and oxygen atoms in total. The largest absolute Gasteiger partial charge is 0.365 e. The Bertz CT molecular complexity index is 437. The Morgan fingerprint density at radius 3 is 2.50 bits per heavy atom. The molecule has 0 saturated carbocycles. The standard InChI is InChI=1S/C14H18BrFN2/c1-17-9-6-10-2-3-11(7-9)18(10)12-4-5-13(15)14(16)8-12/h4-5,8-11,17H,2-3,6-7H2,1H3. The SMILES string of the molecule is CNC1CC2CCC(C1)N2c1ccc(Br)c(F)c1. The summed E-state index contributed by atoms with van der Waals surface area (Å²) in [4.78, 5) is 2.43. The van der Waals surface area contributed by atoms with Crippen LogP contribution in [0.2, 0.25) is 0 Å². The maximum atomic E-state index is 13.7. The highest BCUT2D eigenvalue weighted by Gasteiger charge is 2.40. The molecule has 2 fully saturated rings. The first-order valence-electron chi connectivity index (χ1n) is 6.59. The zero-order chi connectivity index (χ0) is 12.7. The highest BCUT2D eigenvalue weighted by atomic mass is 79.9. The molecule has 0 aliphatic carbocycles. The summed E-state index contributed by atoms with van der Waals surface area (Å²) in [6.07, 6.45) is 4.82. The third-order valence-corrected chi connectivity index (χ3v) is 4.99. The summed E-state index contributed by atoms with van der Waals surface area (Å²) >= 11 is 3.22. The zero-order valence-electron chi connectivity index (χ0n) is 10.5. The van der Waals surface area contributed by atoms with Crippen molar-refractivity contribution in [2.45, 2.75) is 43.8 Å². The maximum Gasteiger partial charge on any atom is 0.139 e. The highest BCUT2D eigenvalue weighted by molar-refractivity contribution is 9.10. The van der Waals surface area contributed by atoms with Crippen molar-refractivity contribution >= 4 is 21.6 Å². The third kappa shape index (κ3) is 2.05. The van der Waals surface area contributed by atoms with Crippen LogP contribution in [0.5, 0.6) is 0 Å². The summed E-state index contributed by atoms with van der Waals surface area (Å²) in [5, 5.41) is 3.39. The van der Waals surface area contributed by atoms with Crippen molar-refractivity contribution in [1.29, 1.82) is 0 Å². The molecule has 2 heterocycles. The minimum atomic E-state index is -0.164. The summed E-state index contributed by atoms with van der Waals surface area (Å²) in [5.74, 6) is -0.164. The molecule has 2 unspecified atom stereocenters. The maximum absolute atomic E-state index is 13.7. The lowest BCUT2D eigenvalue weighted by Crippen LogP contribution is -2.48. The Morgan fingerprint density at radius 1 is 1.28 bits per heavy atom. The van der Waals surface area contributed by atoms with Gasteiger partial charge in [0.05, 0.1) is 4.47 Å². The first-order valence-corrected chi connectivity index (χ1v) is 7.39. The molecule has 1 aromatic carbocycles. The number of nitrogens with one attached hydrogen (secondary N) is 1. The quantitative estimate of drug-likeness (QED) is 0.901. The second kappa shape index (κ2) is 4.82. The average molecular weight is 313 g/mol. The summed E-state index contributed by atoms with van der Waals surface area (Å²) in [6.45, 7) is 0. The van der Waals surface area contributed by atoms with Crippen molar-refractivity contribution in [1.82, 2.24) is 5.32 Å². The fourth-order valence-corrected chi connectivity index (χ4v) is 3.73. The molecular weight excluding hydrogens is 295 g/mol. The van der Waals surface area contributed by atoms with Crippen molar-refractivity contribution in [2.24, 2.45) is 0 Å². The Hall–Kier alpha value is -0.610. The predicted molar refractivity (Wildman–Crippen MR) is 75.5 cm³/mol. The van der Waals surface area contributed by atoms with E-state index < -0.39 is 0 Å². The van der Waals surface area contributed by atoms with Crippen LogP contribution in [0, 0.1) is 5.82 Å². The summed E-state index contributed by atoms with van der Waals surface area (Å²) in [6, 6.07) is 7.27. The van der Waals surface area contributed by atoms with Crippen LogP contribution in [-0.4, -0.2) is 25.2 Å². The molecule has 18 heavy (non-hydrogen) atoms. The number of piperidine rings is 1. The normalized spacial score (nSPS) is 30.8. The summed E-state index contributed by atoms with van der Waals surface area (Å²) in [7, 11) is 2.04. The van der Waals surface area contributed by atoms with E-state index in [1.165, 1.54) is 25.7 Å². The minimum absolute atomic E-state index is 0.164. The summed E-state index contributed by atoms with van der Waals surface area (Å²) in [5.41, 5.74) is 1.04. The first-order chi connectivity index (χ1) is 8.69. The van der Waals surface area contributed by atoms with Crippen LogP contribution < -0.4 is 10.2 Å². The van der Waals surface area contributed by atoms with E-state index >= 15 is 0 Å². The van der Waals surface area contributed by atoms with Crippen molar-refractivity contribution in [3.05, 3.63) is 28.5 Å². The molecular formula is C14H18BrFN2. The molecule has 3 rings (SSSR count). The van der Waals surface area contributed by atoms with E-state index in [9.17, 15) is 4.39 Å². The number of rotatable bonds is 2. The van der Waals surface area contributed by atoms with Gasteiger partial charge in [0, 0.05) is 23.8 Å². The topological polar surface area (TPSA) is 15.3 Å². The van der Waals surface area contributed by atoms with Crippen LogP contribution in [0.4, 0.5) is 10.1 Å². The molecule has 0 aromatic heterocycles. The van der Waals surface area contributed by atoms with Crippen LogP contribution in [0.15, 0.2) is 22.7 Å². The number of halogens is 2. The Kier molecular flexibility index (Phi) is 3.32. The molecule has 2 atom stereocenters. The van der Waals surface area contributed by atoms with Gasteiger partial charge in [-0.25, -0.2) is 4.39 Å². The van der Waals surface area contributed by atoms with E-state index in [1.807, 2.05) is 19.2 Å². The molecule has 4 heteroatoms. The molecule has 2 aliphatic rings. The smallest absolute Gasteiger partial charge is 0.139 e. The minimum Gasteiger partial charge on any atom is -0.365 e. The van der Waals surface area contributed by atoms with Gasteiger partial charge in [-0.2, -0.15) is 0 Å². The molecule has 98 valence electrons. The van der Waals surface area contributed by atoms with Crippen LogP contribution in [-0.2, 0) is 0 Å². The van der Waals surface area contributed by atoms with E-state index in [0.29, 0.717) is 22.6 Å². The van der Waals surface area contributed by atoms with Crippen LogP contribution in [0.25, 0.3) is 0 Å². The van der Waals surface area contributed by atoms with Crippen LogP contribution in [0.3, 0.4) is 0 Å². The van der Waals surface area contributed by atoms with Gasteiger partial charge in [-0.3, -0.25) is 0 Å². The fraction of sp³-hybridized carbons (Fsp3) is 0.571. The van der Waals surface area contributed by atoms with E-state index in [0.717, 1.165) is 5.69 Å². The molecule has 2 saturated heterocycles. The van der Waals surface area contributed by atoms with E-state index in [-0.39, 0.29) is 5.82 Å². The fourth-order valence-electron chi connectivity index (χ4n) is 3.48. The van der Waals surface area contributed by atoms with E-state index in [2.05, 4.69) is 26.1 Å². The van der Waals surface area contributed by atoms with Gasteiger partial charge in [0.2, 0.25) is 0 Å². The molecule has 0 radical (unpaired) electrons. The van der Waals surface area contributed by atoms with Crippen LogP contribution >= 0.6 is 15.9 Å². The van der Waals surface area contributed by atoms with E-state index in [1.54, 1.807) is 6.07 Å². The highest BCUT2D eigenvalue weighted by Crippen LogP contribution is 2.39. The van der Waals surface area contributed by atoms with Crippen molar-refractivity contribution < 1.29 is 4.39 Å². The number of benzene rings is 1. The van der Waals surface area contributed by atoms with Gasteiger partial charge in [0.15, 0.2) is 0 Å². The molecule has 2 bridgehead atoms. The molecule has 2 aliphatic heterocycles. The summed E-state index contributed by atoms with van der Waals surface area (Å²) < 4.78 is 14.2. The molecule has 0 amide bonds. The van der Waals surface area contributed by atoms with Gasteiger partial charge < -0.3 is 10.2 Å². The lowest BCUT2D eigenvalue weighted by atomic mass is 9.97. The molecule has 1 aromatic rings. The number of nitrogens with zero attached hydrogens (tertiary/aromatic N) is 1. The van der Waals surface area contributed by atoms with Gasteiger partial charge in [-0.15, -0.1) is 0 Å². The Morgan fingerprint density at radius 2 is 1.94 bits per heavy atom. The zero-order valence-corrected chi connectivity index (χ0v) is 12.1. The monoisotopic (exact) mass is 312 g/mol. The van der Waals surface area contributed by atoms with Gasteiger partial charge in [0.25, 0.3) is 0 Å². The molecule has 1 N–H and O–H groups in total. The van der Waals surface area contributed by atoms with Gasteiger partial charge in [-0.1, -0.05) is 0 Å². The predicted octanol–water partition coefficient (Wildman–Crippen LogP) is 3.31. The van der Waals surface area contributed by atoms with Gasteiger partial charge in [0.1, 0.15) is 5.82 Å². The number of hydrogen-bond donors (Lipinski definition) is 1. The van der Waals surface area contributed by atoms with Crippen molar-refractivity contribution in [3.8, 4) is 0 Å².